The second-order valence-electron chi connectivity index (χ2n) is 14.6. The van der Waals surface area contributed by atoms with Gasteiger partial charge in [0.15, 0.2) is 0 Å². The molecule has 0 saturated carbocycles. The van der Waals surface area contributed by atoms with Crippen LogP contribution in [-0.4, -0.2) is 14.5 Å². The van der Waals surface area contributed by atoms with E-state index in [9.17, 15) is 0 Å². The maximum Gasteiger partial charge on any atom is 0.235 e. The lowest BCUT2D eigenvalue weighted by molar-refractivity contribution is 0.669. The lowest BCUT2D eigenvalue weighted by Gasteiger charge is -2.12. The molecule has 9 aromatic carbocycles. The average molecular weight is 714 g/mol. The van der Waals surface area contributed by atoms with Crippen molar-refractivity contribution in [1.29, 1.82) is 0 Å². The molecule has 12 rings (SSSR count). The molecule has 4 nitrogen and oxygen atoms in total. The summed E-state index contributed by atoms with van der Waals surface area (Å²) in [5.74, 6) is 0.658. The summed E-state index contributed by atoms with van der Waals surface area (Å²) in [6.07, 6.45) is 0. The highest BCUT2D eigenvalue weighted by molar-refractivity contribution is 6.22. The quantitative estimate of drug-likeness (QED) is 0.182. The zero-order valence-electron chi connectivity index (χ0n) is 30.1. The number of benzene rings is 9. The van der Waals surface area contributed by atoms with Crippen molar-refractivity contribution in [2.45, 2.75) is 0 Å². The minimum absolute atomic E-state index is 0.658. The van der Waals surface area contributed by atoms with Gasteiger partial charge in [-0.25, -0.2) is 9.97 Å². The summed E-state index contributed by atoms with van der Waals surface area (Å²) in [4.78, 5) is 10.6. The van der Waals surface area contributed by atoms with Crippen LogP contribution in [-0.2, 0) is 0 Å². The number of hydrogen-bond acceptors (Lipinski definition) is 3. The molecule has 0 amide bonds. The normalized spacial score (nSPS) is 11.9. The number of furan rings is 1. The van der Waals surface area contributed by atoms with Crippen molar-refractivity contribution in [3.05, 3.63) is 188 Å². The molecule has 0 N–H and O–H groups in total. The molecule has 0 spiro atoms. The van der Waals surface area contributed by atoms with Crippen LogP contribution in [0.4, 0.5) is 0 Å². The summed E-state index contributed by atoms with van der Waals surface area (Å²) in [5.41, 5.74) is 11.6. The number of rotatable bonds is 4. The molecule has 0 aliphatic carbocycles. The van der Waals surface area contributed by atoms with Gasteiger partial charge in [-0.1, -0.05) is 140 Å². The molecule has 0 unspecified atom stereocenters. The third-order valence-electron chi connectivity index (χ3n) is 11.4. The second kappa shape index (κ2) is 12.0. The fraction of sp³-hybridized carbons (Fsp3) is 0. The molecule has 0 aliphatic rings. The Labute approximate surface area is 321 Å². The SMILES string of the molecule is c1ccc2cc(-c3nc(-n4c5ccccc5c5c6cc(-c7ccc(-c8ccc9oc%10ccccc%10c9c8)cc7)ccc6ccc54)nc4ccccc34)ccc2c1. The topological polar surface area (TPSA) is 43.9 Å². The van der Waals surface area contributed by atoms with Crippen molar-refractivity contribution < 1.29 is 4.42 Å². The monoisotopic (exact) mass is 713 g/mol. The Morgan fingerprint density at radius 2 is 0.964 bits per heavy atom. The molecule has 260 valence electrons. The predicted octanol–water partition coefficient (Wildman–Crippen LogP) is 13.9. The highest BCUT2D eigenvalue weighted by Crippen LogP contribution is 2.40. The van der Waals surface area contributed by atoms with Gasteiger partial charge in [0.25, 0.3) is 0 Å². The minimum atomic E-state index is 0.658. The molecule has 12 aromatic rings. The molecule has 0 saturated heterocycles. The summed E-state index contributed by atoms with van der Waals surface area (Å²) in [7, 11) is 0. The number of para-hydroxylation sites is 3. The number of hydrogen-bond donors (Lipinski definition) is 0. The van der Waals surface area contributed by atoms with Crippen LogP contribution in [0.3, 0.4) is 0 Å². The smallest absolute Gasteiger partial charge is 0.235 e. The molecule has 56 heavy (non-hydrogen) atoms. The maximum absolute atomic E-state index is 6.08. The van der Waals surface area contributed by atoms with Gasteiger partial charge < -0.3 is 4.42 Å². The molecular formula is C52H31N3O. The van der Waals surface area contributed by atoms with Crippen molar-refractivity contribution in [1.82, 2.24) is 14.5 Å². The minimum Gasteiger partial charge on any atom is -0.456 e. The zero-order valence-corrected chi connectivity index (χ0v) is 30.1. The Hall–Kier alpha value is -7.56. The lowest BCUT2D eigenvalue weighted by atomic mass is 9.96. The Morgan fingerprint density at radius 1 is 0.357 bits per heavy atom. The van der Waals surface area contributed by atoms with Gasteiger partial charge in [-0.3, -0.25) is 4.57 Å². The molecule has 0 bridgehead atoms. The molecular weight excluding hydrogens is 683 g/mol. The van der Waals surface area contributed by atoms with E-state index in [1.165, 1.54) is 54.6 Å². The van der Waals surface area contributed by atoms with Gasteiger partial charge >= 0.3 is 0 Å². The van der Waals surface area contributed by atoms with Crippen LogP contribution in [0.2, 0.25) is 0 Å². The fourth-order valence-electron chi connectivity index (χ4n) is 8.66. The maximum atomic E-state index is 6.08. The van der Waals surface area contributed by atoms with Crippen LogP contribution in [0.25, 0.3) is 116 Å². The Balaban J connectivity index is 1.00. The summed E-state index contributed by atoms with van der Waals surface area (Å²) < 4.78 is 8.32. The van der Waals surface area contributed by atoms with Crippen molar-refractivity contribution in [2.75, 3.05) is 0 Å². The van der Waals surface area contributed by atoms with E-state index in [0.29, 0.717) is 5.95 Å². The second-order valence-corrected chi connectivity index (χ2v) is 14.6. The first-order valence-corrected chi connectivity index (χ1v) is 19.0. The van der Waals surface area contributed by atoms with E-state index in [1.807, 2.05) is 12.1 Å². The van der Waals surface area contributed by atoms with Crippen molar-refractivity contribution >= 4 is 76.2 Å². The highest BCUT2D eigenvalue weighted by atomic mass is 16.3. The van der Waals surface area contributed by atoms with E-state index in [0.717, 1.165) is 55.1 Å². The zero-order chi connectivity index (χ0) is 36.7. The van der Waals surface area contributed by atoms with E-state index in [2.05, 4.69) is 180 Å². The van der Waals surface area contributed by atoms with Gasteiger partial charge in [-0.2, -0.15) is 0 Å². The van der Waals surface area contributed by atoms with Gasteiger partial charge in [0.1, 0.15) is 11.2 Å². The average Bonchev–Trinajstić information content (AvgIpc) is 3.81. The first kappa shape index (κ1) is 30.9. The molecule has 4 heteroatoms. The van der Waals surface area contributed by atoms with Crippen LogP contribution in [0.1, 0.15) is 0 Å². The molecule has 3 heterocycles. The number of fused-ring (bicyclic) bond motifs is 10. The van der Waals surface area contributed by atoms with E-state index >= 15 is 0 Å². The third-order valence-corrected chi connectivity index (χ3v) is 11.4. The van der Waals surface area contributed by atoms with Crippen molar-refractivity contribution in [3.8, 4) is 39.5 Å². The summed E-state index contributed by atoms with van der Waals surface area (Å²) >= 11 is 0. The van der Waals surface area contributed by atoms with Crippen LogP contribution in [0.5, 0.6) is 0 Å². The van der Waals surface area contributed by atoms with Crippen LogP contribution < -0.4 is 0 Å². The molecule has 0 atom stereocenters. The van der Waals surface area contributed by atoms with Gasteiger partial charge in [0, 0.05) is 32.5 Å². The first-order chi connectivity index (χ1) is 27.7. The van der Waals surface area contributed by atoms with Gasteiger partial charge in [0.05, 0.1) is 22.2 Å². The Kier molecular flexibility index (Phi) is 6.60. The molecule has 0 radical (unpaired) electrons. The summed E-state index contributed by atoms with van der Waals surface area (Å²) in [5, 5.41) is 10.5. The first-order valence-electron chi connectivity index (χ1n) is 19.0. The van der Waals surface area contributed by atoms with Crippen molar-refractivity contribution in [2.24, 2.45) is 0 Å². The van der Waals surface area contributed by atoms with E-state index in [4.69, 9.17) is 14.4 Å². The third kappa shape index (κ3) is 4.73. The van der Waals surface area contributed by atoms with Crippen LogP contribution in [0, 0.1) is 0 Å². The standard InChI is InChI=1S/C52H31N3O/c1-2-10-36-29-39(24-21-32(36)9-1)51-41-12-3-6-14-45(41)53-52(54-51)55-46-15-7-4-13-42(46)50-43-30-37(23-22-35(43)25-27-47(50)55)33-17-19-34(20-18-33)38-26-28-49-44(31-38)40-11-5-8-16-48(40)56-49/h1-31H. The largest absolute Gasteiger partial charge is 0.456 e. The van der Waals surface area contributed by atoms with Crippen LogP contribution in [0.15, 0.2) is 192 Å². The van der Waals surface area contributed by atoms with Gasteiger partial charge in [-0.05, 0) is 92.3 Å². The molecule has 0 fully saturated rings. The van der Waals surface area contributed by atoms with Crippen molar-refractivity contribution in [3.63, 3.8) is 0 Å². The predicted molar refractivity (Wildman–Crippen MR) is 232 cm³/mol. The van der Waals surface area contributed by atoms with E-state index < -0.39 is 0 Å². The summed E-state index contributed by atoms with van der Waals surface area (Å²) in [6, 6.07) is 66.9. The van der Waals surface area contributed by atoms with Gasteiger partial charge in [0.2, 0.25) is 5.95 Å². The summed E-state index contributed by atoms with van der Waals surface area (Å²) in [6.45, 7) is 0. The highest BCUT2D eigenvalue weighted by Gasteiger charge is 2.19. The lowest BCUT2D eigenvalue weighted by Crippen LogP contribution is -2.03. The number of aromatic nitrogens is 3. The van der Waals surface area contributed by atoms with Crippen LogP contribution >= 0.6 is 0 Å². The Bertz CT molecular complexity index is 3540. The van der Waals surface area contributed by atoms with E-state index in [-0.39, 0.29) is 0 Å². The van der Waals surface area contributed by atoms with Gasteiger partial charge in [-0.15, -0.1) is 0 Å². The molecule has 3 aromatic heterocycles. The Morgan fingerprint density at radius 3 is 1.82 bits per heavy atom. The molecule has 0 aliphatic heterocycles. The number of nitrogens with zero attached hydrogens (tertiary/aromatic N) is 3. The van der Waals surface area contributed by atoms with E-state index in [1.54, 1.807) is 0 Å². The fourth-order valence-corrected chi connectivity index (χ4v) is 8.66.